The molecule has 1 heterocycles. The number of aromatic nitrogens is 2. The topological polar surface area (TPSA) is 88.2 Å². The molecule has 0 saturated carbocycles. The molecule has 21 heavy (non-hydrogen) atoms. The highest BCUT2D eigenvalue weighted by molar-refractivity contribution is 7.80. The SMILES string of the molecule is COCCCNC(=S)Nn1c(=O)[nH]c2ccccc2c1=O. The molecule has 1 aromatic carbocycles. The fourth-order valence-corrected chi connectivity index (χ4v) is 2.02. The number of thiocarbonyl (C=S) groups is 1. The normalized spacial score (nSPS) is 10.5. The standard InChI is InChI=1S/C13H16N4O3S/c1-20-8-4-7-14-12(21)16-17-11(18)9-5-2-3-6-10(9)15-13(17)19/h2-3,5-6H,4,7-8H2,1H3,(H,15,19)(H2,14,16,21). The molecular weight excluding hydrogens is 292 g/mol. The lowest BCUT2D eigenvalue weighted by Gasteiger charge is -2.11. The van der Waals surface area contributed by atoms with Crippen molar-refractivity contribution in [1.29, 1.82) is 0 Å². The first-order chi connectivity index (χ1) is 10.1. The van der Waals surface area contributed by atoms with Crippen LogP contribution in [0.2, 0.25) is 0 Å². The summed E-state index contributed by atoms with van der Waals surface area (Å²) in [7, 11) is 1.62. The van der Waals surface area contributed by atoms with Gasteiger partial charge >= 0.3 is 5.69 Å². The second-order valence-electron chi connectivity index (χ2n) is 4.33. The quantitative estimate of drug-likeness (QED) is 0.538. The molecule has 0 radical (unpaired) electrons. The predicted octanol–water partition coefficient (Wildman–Crippen LogP) is 0.144. The molecule has 3 N–H and O–H groups in total. The number of ether oxygens (including phenoxy) is 1. The molecule has 2 rings (SSSR count). The van der Waals surface area contributed by atoms with Gasteiger partial charge in [-0.25, -0.2) is 4.79 Å². The fourth-order valence-electron chi connectivity index (χ4n) is 1.82. The molecule has 0 fully saturated rings. The molecule has 1 aromatic heterocycles. The van der Waals surface area contributed by atoms with Gasteiger partial charge in [0.15, 0.2) is 5.11 Å². The van der Waals surface area contributed by atoms with Crippen LogP contribution in [0.25, 0.3) is 10.9 Å². The van der Waals surface area contributed by atoms with Gasteiger partial charge < -0.3 is 15.0 Å². The van der Waals surface area contributed by atoms with Gasteiger partial charge in [0.25, 0.3) is 5.56 Å². The number of benzene rings is 1. The lowest BCUT2D eigenvalue weighted by Crippen LogP contribution is -2.46. The number of nitrogens with zero attached hydrogens (tertiary/aromatic N) is 1. The largest absolute Gasteiger partial charge is 0.385 e. The monoisotopic (exact) mass is 308 g/mol. The van der Waals surface area contributed by atoms with E-state index in [9.17, 15) is 9.59 Å². The van der Waals surface area contributed by atoms with Gasteiger partial charge in [0.2, 0.25) is 0 Å². The first-order valence-electron chi connectivity index (χ1n) is 6.41. The average molecular weight is 308 g/mol. The lowest BCUT2D eigenvalue weighted by molar-refractivity contribution is 0.195. The Balaban J connectivity index is 2.17. The number of H-pyrrole nitrogens is 1. The summed E-state index contributed by atoms with van der Waals surface area (Å²) >= 11 is 5.05. The molecule has 0 aliphatic carbocycles. The number of hydrogen-bond donors (Lipinski definition) is 3. The van der Waals surface area contributed by atoms with E-state index in [1.165, 1.54) is 0 Å². The van der Waals surface area contributed by atoms with Crippen LogP contribution < -0.4 is 22.0 Å². The zero-order valence-electron chi connectivity index (χ0n) is 11.5. The molecule has 0 saturated heterocycles. The van der Waals surface area contributed by atoms with Crippen molar-refractivity contribution < 1.29 is 4.74 Å². The minimum Gasteiger partial charge on any atom is -0.385 e. The summed E-state index contributed by atoms with van der Waals surface area (Å²) < 4.78 is 5.77. The van der Waals surface area contributed by atoms with E-state index in [1.54, 1.807) is 31.4 Å². The summed E-state index contributed by atoms with van der Waals surface area (Å²) in [4.78, 5) is 26.8. The summed E-state index contributed by atoms with van der Waals surface area (Å²) in [5.74, 6) is 0. The van der Waals surface area contributed by atoms with E-state index < -0.39 is 11.2 Å². The minimum atomic E-state index is -0.570. The second-order valence-corrected chi connectivity index (χ2v) is 4.74. The Morgan fingerprint density at radius 1 is 1.38 bits per heavy atom. The van der Waals surface area contributed by atoms with Gasteiger partial charge in [0.05, 0.1) is 10.9 Å². The smallest absolute Gasteiger partial charge is 0.348 e. The molecule has 7 nitrogen and oxygen atoms in total. The second kappa shape index (κ2) is 7.00. The maximum absolute atomic E-state index is 12.2. The van der Waals surface area contributed by atoms with Crippen LogP contribution in [0.5, 0.6) is 0 Å². The Morgan fingerprint density at radius 3 is 2.90 bits per heavy atom. The number of aromatic amines is 1. The average Bonchev–Trinajstić information content (AvgIpc) is 2.48. The molecule has 0 aliphatic heterocycles. The van der Waals surface area contributed by atoms with Crippen molar-refractivity contribution in [3.63, 3.8) is 0 Å². The Bertz CT molecular complexity index is 753. The van der Waals surface area contributed by atoms with Crippen molar-refractivity contribution in [2.45, 2.75) is 6.42 Å². The molecule has 8 heteroatoms. The van der Waals surface area contributed by atoms with E-state index in [1.807, 2.05) is 0 Å². The third-order valence-electron chi connectivity index (χ3n) is 2.83. The Labute approximate surface area is 125 Å². The van der Waals surface area contributed by atoms with Crippen molar-refractivity contribution in [1.82, 2.24) is 15.0 Å². The van der Waals surface area contributed by atoms with Crippen molar-refractivity contribution >= 4 is 28.2 Å². The number of nitrogens with one attached hydrogen (secondary N) is 3. The summed E-state index contributed by atoms with van der Waals surface area (Å²) in [5.41, 5.74) is 2.06. The third kappa shape index (κ3) is 3.67. The van der Waals surface area contributed by atoms with E-state index in [-0.39, 0.29) is 5.11 Å². The van der Waals surface area contributed by atoms with Gasteiger partial charge in [-0.3, -0.25) is 10.2 Å². The number of fused-ring (bicyclic) bond motifs is 1. The zero-order valence-corrected chi connectivity index (χ0v) is 12.3. The van der Waals surface area contributed by atoms with Gasteiger partial charge in [-0.1, -0.05) is 12.1 Å². The third-order valence-corrected chi connectivity index (χ3v) is 3.07. The van der Waals surface area contributed by atoms with Gasteiger partial charge in [-0.15, -0.1) is 0 Å². The first kappa shape index (κ1) is 15.2. The van der Waals surface area contributed by atoms with E-state index in [0.29, 0.717) is 24.1 Å². The summed E-state index contributed by atoms with van der Waals surface area (Å²) in [6, 6.07) is 6.79. The van der Waals surface area contributed by atoms with Crippen LogP contribution in [-0.2, 0) is 4.74 Å². The summed E-state index contributed by atoms with van der Waals surface area (Å²) in [6.07, 6.45) is 0.765. The molecule has 112 valence electrons. The van der Waals surface area contributed by atoms with Crippen LogP contribution in [0.4, 0.5) is 0 Å². The maximum Gasteiger partial charge on any atom is 0.348 e. The van der Waals surface area contributed by atoms with Crippen molar-refractivity contribution in [3.05, 3.63) is 45.1 Å². The van der Waals surface area contributed by atoms with Gasteiger partial charge in [0.1, 0.15) is 0 Å². The van der Waals surface area contributed by atoms with Crippen molar-refractivity contribution in [2.24, 2.45) is 0 Å². The molecule has 0 amide bonds. The lowest BCUT2D eigenvalue weighted by atomic mass is 10.2. The molecule has 0 aliphatic rings. The number of methoxy groups -OCH3 is 1. The Kier molecular flexibility index (Phi) is 5.07. The Morgan fingerprint density at radius 2 is 2.14 bits per heavy atom. The van der Waals surface area contributed by atoms with Gasteiger partial charge in [-0.2, -0.15) is 4.68 Å². The Hall–Kier alpha value is -2.19. The molecule has 2 aromatic rings. The molecule has 0 atom stereocenters. The predicted molar refractivity (Wildman–Crippen MR) is 85.3 cm³/mol. The van der Waals surface area contributed by atoms with Crippen LogP contribution in [-0.4, -0.2) is 35.0 Å². The van der Waals surface area contributed by atoms with Crippen LogP contribution >= 0.6 is 12.2 Å². The van der Waals surface area contributed by atoms with E-state index >= 15 is 0 Å². The van der Waals surface area contributed by atoms with Crippen LogP contribution in [0.3, 0.4) is 0 Å². The van der Waals surface area contributed by atoms with Gasteiger partial charge in [0, 0.05) is 20.3 Å². The first-order valence-corrected chi connectivity index (χ1v) is 6.82. The zero-order chi connectivity index (χ0) is 15.2. The highest BCUT2D eigenvalue weighted by Crippen LogP contribution is 2.02. The summed E-state index contributed by atoms with van der Waals surface area (Å²) in [5, 5.41) is 3.51. The summed E-state index contributed by atoms with van der Waals surface area (Å²) in [6.45, 7) is 1.19. The van der Waals surface area contributed by atoms with E-state index in [0.717, 1.165) is 11.1 Å². The van der Waals surface area contributed by atoms with E-state index in [2.05, 4.69) is 15.7 Å². The highest BCUT2D eigenvalue weighted by Gasteiger charge is 2.07. The van der Waals surface area contributed by atoms with Gasteiger partial charge in [-0.05, 0) is 30.8 Å². The van der Waals surface area contributed by atoms with Crippen LogP contribution in [0.1, 0.15) is 6.42 Å². The van der Waals surface area contributed by atoms with E-state index in [4.69, 9.17) is 17.0 Å². The molecule has 0 unspecified atom stereocenters. The van der Waals surface area contributed by atoms with Crippen molar-refractivity contribution in [2.75, 3.05) is 25.7 Å². The number of para-hydroxylation sites is 1. The van der Waals surface area contributed by atoms with Crippen molar-refractivity contribution in [3.8, 4) is 0 Å². The van der Waals surface area contributed by atoms with Crippen LogP contribution in [0, 0.1) is 0 Å². The fraction of sp³-hybridized carbons (Fsp3) is 0.308. The number of rotatable bonds is 5. The highest BCUT2D eigenvalue weighted by atomic mass is 32.1. The number of hydrogen-bond acceptors (Lipinski definition) is 4. The maximum atomic E-state index is 12.2. The van der Waals surface area contributed by atoms with Crippen LogP contribution in [0.15, 0.2) is 33.9 Å². The molecule has 0 bridgehead atoms. The minimum absolute atomic E-state index is 0.203. The molecular formula is C13H16N4O3S. The molecule has 0 spiro atoms.